The standard InChI is InChI=1S/C14H14IN3OP2/c1-14(21)5-4-11(13(19)12(20)7-14)18-16-9-3-2-8(15)6-10(9)17-18/h2-7,19H,20-21H2,1H3. The molecule has 0 amide bonds. The van der Waals surface area contributed by atoms with Crippen molar-refractivity contribution >= 4 is 57.8 Å². The van der Waals surface area contributed by atoms with E-state index in [1.807, 2.05) is 43.4 Å². The van der Waals surface area contributed by atoms with E-state index in [1.54, 1.807) is 0 Å². The van der Waals surface area contributed by atoms with Crippen LogP contribution in [0.25, 0.3) is 16.7 Å². The maximum absolute atomic E-state index is 10.4. The summed E-state index contributed by atoms with van der Waals surface area (Å²) >= 11 is 2.24. The quantitative estimate of drug-likeness (QED) is 0.556. The molecule has 4 nitrogen and oxygen atoms in total. The summed E-state index contributed by atoms with van der Waals surface area (Å²) in [5.74, 6) is 0.164. The number of rotatable bonds is 1. The molecule has 1 heterocycles. The van der Waals surface area contributed by atoms with Crippen LogP contribution < -0.4 is 0 Å². The van der Waals surface area contributed by atoms with Gasteiger partial charge in [-0.2, -0.15) is 0 Å². The molecular formula is C14H14IN3OP2. The topological polar surface area (TPSA) is 50.9 Å². The Bertz CT molecular complexity index is 821. The van der Waals surface area contributed by atoms with Crippen LogP contribution in [0, 0.1) is 3.57 Å². The van der Waals surface area contributed by atoms with Crippen LogP contribution in [-0.2, 0) is 0 Å². The highest BCUT2D eigenvalue weighted by Gasteiger charge is 2.20. The number of hydrogen-bond donors (Lipinski definition) is 1. The fourth-order valence-electron chi connectivity index (χ4n) is 2.09. The minimum absolute atomic E-state index is 0.164. The lowest BCUT2D eigenvalue weighted by Crippen LogP contribution is -2.06. The van der Waals surface area contributed by atoms with Crippen molar-refractivity contribution in [2.45, 2.75) is 12.1 Å². The summed E-state index contributed by atoms with van der Waals surface area (Å²) in [4.78, 5) is 1.48. The van der Waals surface area contributed by atoms with E-state index in [9.17, 15) is 5.11 Å². The van der Waals surface area contributed by atoms with Gasteiger partial charge in [-0.25, -0.2) is 0 Å². The number of fused-ring (bicyclic) bond motifs is 1. The zero-order valence-corrected chi connectivity index (χ0v) is 15.8. The van der Waals surface area contributed by atoms with E-state index in [0.29, 0.717) is 5.70 Å². The first-order chi connectivity index (χ1) is 9.85. The zero-order valence-electron chi connectivity index (χ0n) is 11.3. The Labute approximate surface area is 140 Å². The lowest BCUT2D eigenvalue weighted by atomic mass is 10.1. The second-order valence-electron chi connectivity index (χ2n) is 5.16. The molecule has 1 aromatic carbocycles. The Morgan fingerprint density at radius 2 is 2.00 bits per heavy atom. The molecule has 2 aromatic rings. The molecule has 0 bridgehead atoms. The molecule has 0 fully saturated rings. The van der Waals surface area contributed by atoms with Gasteiger partial charge >= 0.3 is 0 Å². The van der Waals surface area contributed by atoms with Crippen molar-refractivity contribution in [3.63, 3.8) is 0 Å². The van der Waals surface area contributed by atoms with Gasteiger partial charge in [-0.05, 0) is 53.8 Å². The van der Waals surface area contributed by atoms with Gasteiger partial charge in [-0.1, -0.05) is 12.2 Å². The van der Waals surface area contributed by atoms with Crippen LogP contribution in [-0.4, -0.2) is 25.3 Å². The normalized spacial score (nSPS) is 22.6. The predicted molar refractivity (Wildman–Crippen MR) is 101 cm³/mol. The molecular weight excluding hydrogens is 415 g/mol. The van der Waals surface area contributed by atoms with Gasteiger partial charge in [-0.15, -0.1) is 33.5 Å². The van der Waals surface area contributed by atoms with E-state index in [0.717, 1.165) is 19.9 Å². The van der Waals surface area contributed by atoms with E-state index < -0.39 is 0 Å². The summed E-state index contributed by atoms with van der Waals surface area (Å²) in [6, 6.07) is 5.88. The van der Waals surface area contributed by atoms with Crippen LogP contribution in [0.15, 0.2) is 47.5 Å². The molecule has 1 aliphatic carbocycles. The fraction of sp³-hybridized carbons (Fsp3) is 0.143. The minimum Gasteiger partial charge on any atom is -0.505 e. The highest BCUT2D eigenvalue weighted by atomic mass is 127. The maximum atomic E-state index is 10.4. The molecule has 3 rings (SSSR count). The molecule has 1 aliphatic rings. The van der Waals surface area contributed by atoms with Crippen LogP contribution in [0.2, 0.25) is 0 Å². The SMILES string of the molecule is CC1(P)C=CC(n2nc3ccc(I)cc3n2)=C(O)C(P)=C1. The molecule has 3 atom stereocenters. The number of aliphatic hydroxyl groups excluding tert-OH is 1. The van der Waals surface area contributed by atoms with E-state index in [2.05, 4.69) is 51.3 Å². The van der Waals surface area contributed by atoms with Gasteiger partial charge in [-0.3, -0.25) is 0 Å². The molecule has 108 valence electrons. The Kier molecular flexibility index (Phi) is 3.93. The van der Waals surface area contributed by atoms with Gasteiger partial charge < -0.3 is 5.11 Å². The van der Waals surface area contributed by atoms with Crippen LogP contribution in [0.1, 0.15) is 6.92 Å². The number of nitrogens with zero attached hydrogens (tertiary/aromatic N) is 3. The Hall–Kier alpha value is -0.770. The van der Waals surface area contributed by atoms with Crippen molar-refractivity contribution in [2.75, 3.05) is 0 Å². The first-order valence-electron chi connectivity index (χ1n) is 6.29. The molecule has 1 N–H and O–H groups in total. The summed E-state index contributed by atoms with van der Waals surface area (Å²) in [5, 5.41) is 19.8. The first kappa shape index (κ1) is 15.1. The third-order valence-electron chi connectivity index (χ3n) is 3.14. The van der Waals surface area contributed by atoms with E-state index in [1.165, 1.54) is 4.80 Å². The van der Waals surface area contributed by atoms with Gasteiger partial charge in [0.05, 0.1) is 0 Å². The smallest absolute Gasteiger partial charge is 0.149 e. The molecule has 0 aliphatic heterocycles. The van der Waals surface area contributed by atoms with Crippen molar-refractivity contribution in [2.24, 2.45) is 0 Å². The Morgan fingerprint density at radius 3 is 2.76 bits per heavy atom. The molecule has 0 saturated carbocycles. The summed E-state index contributed by atoms with van der Waals surface area (Å²) in [5.41, 5.74) is 2.17. The third kappa shape index (κ3) is 3.05. The molecule has 0 saturated heterocycles. The molecule has 1 aromatic heterocycles. The highest BCUT2D eigenvalue weighted by molar-refractivity contribution is 14.1. The predicted octanol–water partition coefficient (Wildman–Crippen LogP) is 3.73. The molecule has 0 radical (unpaired) electrons. The minimum atomic E-state index is -0.214. The van der Waals surface area contributed by atoms with Crippen molar-refractivity contribution in [3.05, 3.63) is 51.1 Å². The van der Waals surface area contributed by atoms with Crippen molar-refractivity contribution in [3.8, 4) is 0 Å². The number of allylic oxidation sites excluding steroid dienone is 5. The maximum Gasteiger partial charge on any atom is 0.149 e. The van der Waals surface area contributed by atoms with Crippen LogP contribution in [0.4, 0.5) is 0 Å². The van der Waals surface area contributed by atoms with Gasteiger partial charge in [0.2, 0.25) is 0 Å². The lowest BCUT2D eigenvalue weighted by molar-refractivity contribution is 0.427. The summed E-state index contributed by atoms with van der Waals surface area (Å²) in [6.45, 7) is 2.05. The largest absolute Gasteiger partial charge is 0.505 e. The number of aromatic nitrogens is 3. The van der Waals surface area contributed by atoms with Crippen LogP contribution >= 0.6 is 41.1 Å². The monoisotopic (exact) mass is 429 g/mol. The van der Waals surface area contributed by atoms with Gasteiger partial charge in [0, 0.05) is 14.0 Å². The fourth-order valence-corrected chi connectivity index (χ4v) is 3.54. The van der Waals surface area contributed by atoms with Gasteiger partial charge in [0.25, 0.3) is 0 Å². The lowest BCUT2D eigenvalue weighted by Gasteiger charge is -2.13. The molecule has 0 spiro atoms. The van der Waals surface area contributed by atoms with E-state index >= 15 is 0 Å². The number of aliphatic hydroxyl groups is 1. The van der Waals surface area contributed by atoms with E-state index in [-0.39, 0.29) is 10.9 Å². The summed E-state index contributed by atoms with van der Waals surface area (Å²) in [6.07, 6.45) is 5.81. The number of halogens is 1. The average Bonchev–Trinajstić information content (AvgIpc) is 2.76. The van der Waals surface area contributed by atoms with Crippen LogP contribution in [0.5, 0.6) is 0 Å². The van der Waals surface area contributed by atoms with Gasteiger partial charge in [0.1, 0.15) is 22.5 Å². The van der Waals surface area contributed by atoms with Crippen molar-refractivity contribution in [1.29, 1.82) is 0 Å². The van der Waals surface area contributed by atoms with Crippen LogP contribution in [0.3, 0.4) is 0 Å². The average molecular weight is 429 g/mol. The van der Waals surface area contributed by atoms with Gasteiger partial charge in [0.15, 0.2) is 0 Å². The molecule has 7 heteroatoms. The van der Waals surface area contributed by atoms with Crippen molar-refractivity contribution in [1.82, 2.24) is 15.0 Å². The molecule has 3 unspecified atom stereocenters. The number of benzene rings is 1. The summed E-state index contributed by atoms with van der Waals surface area (Å²) < 4.78 is 1.10. The zero-order chi connectivity index (χ0) is 15.2. The second kappa shape index (κ2) is 5.45. The van der Waals surface area contributed by atoms with E-state index in [4.69, 9.17) is 0 Å². The molecule has 21 heavy (non-hydrogen) atoms. The highest BCUT2D eigenvalue weighted by Crippen LogP contribution is 2.33. The van der Waals surface area contributed by atoms with Crippen molar-refractivity contribution < 1.29 is 5.11 Å². The second-order valence-corrected chi connectivity index (χ2v) is 8.27. The Morgan fingerprint density at radius 1 is 1.29 bits per heavy atom. The number of hydrogen-bond acceptors (Lipinski definition) is 3. The third-order valence-corrected chi connectivity index (χ3v) is 4.61. The first-order valence-corrected chi connectivity index (χ1v) is 8.52. The Balaban J connectivity index is 2.17. The summed E-state index contributed by atoms with van der Waals surface area (Å²) in [7, 11) is 5.31.